The van der Waals surface area contributed by atoms with Gasteiger partial charge in [-0.15, -0.1) is 0 Å². The Labute approximate surface area is 108 Å². The van der Waals surface area contributed by atoms with E-state index < -0.39 is 0 Å². The van der Waals surface area contributed by atoms with Crippen LogP contribution in [0, 0.1) is 12.8 Å². The number of hydrogen-bond donors (Lipinski definition) is 1. The van der Waals surface area contributed by atoms with Crippen LogP contribution in [0.2, 0.25) is 5.02 Å². The SMILES string of the molecule is Cc1cc(Cl)ccc1N1CC(CO)CC1(C)C. The average Bonchev–Trinajstić information content (AvgIpc) is 2.54. The van der Waals surface area contributed by atoms with Gasteiger partial charge in [-0.2, -0.15) is 0 Å². The van der Waals surface area contributed by atoms with Crippen LogP contribution in [0.3, 0.4) is 0 Å². The second kappa shape index (κ2) is 4.51. The summed E-state index contributed by atoms with van der Waals surface area (Å²) in [4.78, 5) is 2.39. The minimum Gasteiger partial charge on any atom is -0.396 e. The Morgan fingerprint density at radius 1 is 1.47 bits per heavy atom. The molecule has 1 heterocycles. The molecule has 17 heavy (non-hydrogen) atoms. The Morgan fingerprint density at radius 3 is 2.71 bits per heavy atom. The molecular formula is C14H20ClNO. The molecule has 94 valence electrons. The molecule has 0 radical (unpaired) electrons. The number of halogens is 1. The normalized spacial score (nSPS) is 23.1. The Morgan fingerprint density at radius 2 is 2.18 bits per heavy atom. The fourth-order valence-corrected chi connectivity index (χ4v) is 3.08. The fraction of sp³-hybridized carbons (Fsp3) is 0.571. The number of aryl methyl sites for hydroxylation is 1. The molecule has 1 atom stereocenters. The van der Waals surface area contributed by atoms with Crippen molar-refractivity contribution in [1.82, 2.24) is 0 Å². The van der Waals surface area contributed by atoms with Gasteiger partial charge in [0.05, 0.1) is 0 Å². The van der Waals surface area contributed by atoms with Crippen LogP contribution in [-0.4, -0.2) is 23.8 Å². The van der Waals surface area contributed by atoms with Crippen molar-refractivity contribution in [3.63, 3.8) is 0 Å². The zero-order valence-corrected chi connectivity index (χ0v) is 11.5. The Hall–Kier alpha value is -0.730. The topological polar surface area (TPSA) is 23.5 Å². The minimum absolute atomic E-state index is 0.103. The summed E-state index contributed by atoms with van der Waals surface area (Å²) in [6.07, 6.45) is 1.03. The van der Waals surface area contributed by atoms with Crippen LogP contribution in [-0.2, 0) is 0 Å². The van der Waals surface area contributed by atoms with E-state index in [0.29, 0.717) is 5.92 Å². The van der Waals surface area contributed by atoms with E-state index in [1.807, 2.05) is 12.1 Å². The lowest BCUT2D eigenvalue weighted by atomic mass is 9.96. The largest absolute Gasteiger partial charge is 0.396 e. The molecule has 1 aliphatic heterocycles. The molecule has 1 saturated heterocycles. The van der Waals surface area contributed by atoms with E-state index in [1.54, 1.807) is 0 Å². The van der Waals surface area contributed by atoms with Crippen molar-refractivity contribution in [1.29, 1.82) is 0 Å². The van der Waals surface area contributed by atoms with E-state index in [0.717, 1.165) is 18.0 Å². The summed E-state index contributed by atoms with van der Waals surface area (Å²) in [5, 5.41) is 10.1. The highest BCUT2D eigenvalue weighted by Gasteiger charge is 2.38. The van der Waals surface area contributed by atoms with Crippen LogP contribution in [0.4, 0.5) is 5.69 Å². The summed E-state index contributed by atoms with van der Waals surface area (Å²) in [5.74, 6) is 0.375. The predicted octanol–water partition coefficient (Wildman–Crippen LogP) is 3.25. The maximum atomic E-state index is 9.33. The van der Waals surface area contributed by atoms with E-state index >= 15 is 0 Å². The molecule has 1 N–H and O–H groups in total. The van der Waals surface area contributed by atoms with Crippen molar-refractivity contribution in [3.05, 3.63) is 28.8 Å². The highest BCUT2D eigenvalue weighted by atomic mass is 35.5. The Bertz CT molecular complexity index is 417. The number of aliphatic hydroxyl groups excluding tert-OH is 1. The summed E-state index contributed by atoms with van der Waals surface area (Å²) in [7, 11) is 0. The van der Waals surface area contributed by atoms with Crippen LogP contribution in [0.1, 0.15) is 25.8 Å². The fourth-order valence-electron chi connectivity index (χ4n) is 2.85. The van der Waals surface area contributed by atoms with Crippen LogP contribution >= 0.6 is 11.6 Å². The number of nitrogens with zero attached hydrogens (tertiary/aromatic N) is 1. The first-order valence-electron chi connectivity index (χ1n) is 6.08. The van der Waals surface area contributed by atoms with Crippen LogP contribution in [0.25, 0.3) is 0 Å². The van der Waals surface area contributed by atoms with E-state index in [4.69, 9.17) is 11.6 Å². The molecule has 1 aromatic rings. The van der Waals surface area contributed by atoms with Gasteiger partial charge in [-0.05, 0) is 51.0 Å². The average molecular weight is 254 g/mol. The highest BCUT2D eigenvalue weighted by molar-refractivity contribution is 6.30. The lowest BCUT2D eigenvalue weighted by molar-refractivity contribution is 0.232. The zero-order valence-electron chi connectivity index (χ0n) is 10.7. The number of hydrogen-bond acceptors (Lipinski definition) is 2. The maximum absolute atomic E-state index is 9.33. The standard InChI is InChI=1S/C14H20ClNO/c1-10-6-12(15)4-5-13(10)16-8-11(9-17)7-14(16,2)3/h4-6,11,17H,7-9H2,1-3H3. The van der Waals surface area contributed by atoms with Gasteiger partial charge in [0.25, 0.3) is 0 Å². The van der Waals surface area contributed by atoms with Gasteiger partial charge in [0.15, 0.2) is 0 Å². The second-order valence-electron chi connectivity index (χ2n) is 5.61. The van der Waals surface area contributed by atoms with Gasteiger partial charge in [0.1, 0.15) is 0 Å². The summed E-state index contributed by atoms with van der Waals surface area (Å²) < 4.78 is 0. The number of anilines is 1. The molecule has 0 amide bonds. The lowest BCUT2D eigenvalue weighted by Gasteiger charge is -2.34. The Balaban J connectivity index is 2.33. The number of benzene rings is 1. The second-order valence-corrected chi connectivity index (χ2v) is 6.04. The first-order chi connectivity index (χ1) is 7.94. The molecule has 1 unspecified atom stereocenters. The van der Waals surface area contributed by atoms with Gasteiger partial charge in [-0.1, -0.05) is 11.6 Å². The van der Waals surface area contributed by atoms with Gasteiger partial charge >= 0.3 is 0 Å². The molecule has 0 saturated carbocycles. The van der Waals surface area contributed by atoms with Crippen molar-refractivity contribution in [2.45, 2.75) is 32.7 Å². The third-order valence-electron chi connectivity index (χ3n) is 3.67. The summed E-state index contributed by atoms with van der Waals surface area (Å²) in [6, 6.07) is 6.02. The van der Waals surface area contributed by atoms with Gasteiger partial charge in [0.2, 0.25) is 0 Å². The molecular weight excluding hydrogens is 234 g/mol. The van der Waals surface area contributed by atoms with Crippen molar-refractivity contribution in [2.75, 3.05) is 18.1 Å². The van der Waals surface area contributed by atoms with E-state index in [-0.39, 0.29) is 12.1 Å². The monoisotopic (exact) mass is 253 g/mol. The quantitative estimate of drug-likeness (QED) is 0.875. The molecule has 2 nitrogen and oxygen atoms in total. The molecule has 0 aliphatic carbocycles. The highest BCUT2D eigenvalue weighted by Crippen LogP contribution is 2.38. The molecule has 1 fully saturated rings. The van der Waals surface area contributed by atoms with Crippen LogP contribution < -0.4 is 4.90 Å². The molecule has 3 heteroatoms. The Kier molecular flexibility index (Phi) is 3.37. The molecule has 0 aromatic heterocycles. The van der Waals surface area contributed by atoms with Gasteiger partial charge in [-0.25, -0.2) is 0 Å². The van der Waals surface area contributed by atoms with E-state index in [2.05, 4.69) is 31.7 Å². The molecule has 0 bridgehead atoms. The van der Waals surface area contributed by atoms with Crippen molar-refractivity contribution in [2.24, 2.45) is 5.92 Å². The van der Waals surface area contributed by atoms with Gasteiger partial charge < -0.3 is 10.0 Å². The first-order valence-corrected chi connectivity index (χ1v) is 6.46. The number of rotatable bonds is 2. The predicted molar refractivity (Wildman–Crippen MR) is 72.8 cm³/mol. The van der Waals surface area contributed by atoms with Crippen LogP contribution in [0.5, 0.6) is 0 Å². The minimum atomic E-state index is 0.103. The molecule has 0 spiro atoms. The summed E-state index contributed by atoms with van der Waals surface area (Å²) in [6.45, 7) is 7.75. The lowest BCUT2D eigenvalue weighted by Crippen LogP contribution is -2.38. The van der Waals surface area contributed by atoms with Crippen LogP contribution in [0.15, 0.2) is 18.2 Å². The van der Waals surface area contributed by atoms with Gasteiger partial charge in [-0.3, -0.25) is 0 Å². The summed E-state index contributed by atoms with van der Waals surface area (Å²) in [5.41, 5.74) is 2.53. The van der Waals surface area contributed by atoms with E-state index in [9.17, 15) is 5.11 Å². The summed E-state index contributed by atoms with van der Waals surface area (Å²) >= 11 is 5.99. The molecule has 1 aromatic carbocycles. The van der Waals surface area contributed by atoms with Crippen molar-refractivity contribution >= 4 is 17.3 Å². The maximum Gasteiger partial charge on any atom is 0.0477 e. The third kappa shape index (κ3) is 2.43. The van der Waals surface area contributed by atoms with Gasteiger partial charge in [0, 0.05) is 35.3 Å². The third-order valence-corrected chi connectivity index (χ3v) is 3.90. The zero-order chi connectivity index (χ0) is 12.6. The molecule has 2 rings (SSSR count). The number of aliphatic hydroxyl groups is 1. The van der Waals surface area contributed by atoms with Crippen molar-refractivity contribution in [3.8, 4) is 0 Å². The van der Waals surface area contributed by atoms with Crippen molar-refractivity contribution < 1.29 is 5.11 Å². The molecule has 1 aliphatic rings. The van der Waals surface area contributed by atoms with E-state index in [1.165, 1.54) is 11.3 Å². The smallest absolute Gasteiger partial charge is 0.0477 e. The first kappa shape index (κ1) is 12.7.